The van der Waals surface area contributed by atoms with E-state index in [4.69, 9.17) is 32.3 Å². The summed E-state index contributed by atoms with van der Waals surface area (Å²) in [4.78, 5) is 58.4. The zero-order chi connectivity index (χ0) is 66.7. The van der Waals surface area contributed by atoms with E-state index in [9.17, 15) is 43.5 Å². The van der Waals surface area contributed by atoms with Crippen LogP contribution in [0.2, 0.25) is 0 Å². The van der Waals surface area contributed by atoms with Gasteiger partial charge in [0.2, 0.25) is 0 Å². The predicted octanol–water partition coefficient (Wildman–Crippen LogP) is 19.4. The van der Waals surface area contributed by atoms with E-state index in [0.29, 0.717) is 25.7 Å². The molecule has 91 heavy (non-hydrogen) atoms. The molecule has 0 aliphatic heterocycles. The molecule has 0 aromatic carbocycles. The van der Waals surface area contributed by atoms with Gasteiger partial charge in [0.05, 0.1) is 26.4 Å². The number of phosphoric acid groups is 2. The maximum atomic E-state index is 12.9. The molecule has 0 rings (SSSR count). The van der Waals surface area contributed by atoms with Crippen molar-refractivity contribution in [2.45, 2.75) is 283 Å². The van der Waals surface area contributed by atoms with Gasteiger partial charge in [-0.2, -0.15) is 0 Å². The number of carbonyl (C=O) groups excluding carboxylic acids is 3. The second-order valence-electron chi connectivity index (χ2n) is 23.0. The summed E-state index contributed by atoms with van der Waals surface area (Å²) in [6, 6.07) is 0. The number of hydrogen-bond acceptors (Lipinski definition) is 14. The Kier molecular flexibility index (Phi) is 63.1. The lowest BCUT2D eigenvalue weighted by Crippen LogP contribution is -2.30. The van der Waals surface area contributed by atoms with Gasteiger partial charge in [-0.1, -0.05) is 264 Å². The smallest absolute Gasteiger partial charge is 0.463 e. The van der Waals surface area contributed by atoms with Crippen LogP contribution in [-0.2, 0) is 55.8 Å². The van der Waals surface area contributed by atoms with Crippen LogP contribution in [0.1, 0.15) is 265 Å². The average Bonchev–Trinajstić information content (AvgIpc) is 3.08. The Morgan fingerprint density at radius 1 is 0.319 bits per heavy atom. The fourth-order valence-electron chi connectivity index (χ4n) is 8.87. The van der Waals surface area contributed by atoms with Crippen LogP contribution in [0, 0.1) is 0 Å². The molecule has 0 saturated carbocycles. The Bertz CT molecular complexity index is 2140. The molecule has 0 aliphatic carbocycles. The molecule has 0 fully saturated rings. The molecule has 0 aromatic rings. The van der Waals surface area contributed by atoms with Crippen molar-refractivity contribution in [1.29, 1.82) is 0 Å². The van der Waals surface area contributed by atoms with E-state index in [0.717, 1.165) is 109 Å². The Morgan fingerprint density at radius 2 is 0.604 bits per heavy atom. The van der Waals surface area contributed by atoms with Gasteiger partial charge < -0.3 is 34.2 Å². The van der Waals surface area contributed by atoms with E-state index >= 15 is 0 Å². The predicted molar refractivity (Wildman–Crippen MR) is 371 cm³/mol. The summed E-state index contributed by atoms with van der Waals surface area (Å²) in [7, 11) is -9.80. The SMILES string of the molecule is CC/C=C\C/C=C\C/C=C\C/C=C\C/C=C\C/C=C\CCC(=O)OCC(COP(=O)(O)OCC(O)COP(=O)(O)OCC(O)COC(=O)CCCCCCC/C=C\C/C=C\C/C=C\C/C=C\CCCCC)OC(=O)CCCCCCCCCCCCCCCCC. The molecule has 0 saturated heterocycles. The summed E-state index contributed by atoms with van der Waals surface area (Å²) in [5, 5.41) is 20.5. The topological polar surface area (TPSA) is 231 Å². The van der Waals surface area contributed by atoms with Crippen LogP contribution in [0.15, 0.2) is 122 Å². The fourth-order valence-corrected chi connectivity index (χ4v) is 10.5. The van der Waals surface area contributed by atoms with Crippen LogP contribution in [0.25, 0.3) is 0 Å². The second kappa shape index (κ2) is 66.0. The molecule has 0 radical (unpaired) electrons. The minimum atomic E-state index is -4.94. The van der Waals surface area contributed by atoms with Crippen molar-refractivity contribution in [1.82, 2.24) is 0 Å². The van der Waals surface area contributed by atoms with Crippen LogP contribution >= 0.6 is 15.6 Å². The number of carbonyl (C=O) groups is 3. The normalized spacial score (nSPS) is 14.9. The standard InChI is InChI=1S/C73H124O16P2/c1-4-7-10-13-16-19-22-25-28-30-32-33-35-37-39-41-44-47-50-53-56-59-71(76)83-62-68(74)63-85-90(79,80)86-64-69(75)65-87-91(81,82)88-67-70(89-73(78)61-58-55-52-49-46-43-38-27-24-21-18-15-12-9-6-3)66-84-72(77)60-57-54-51-48-45-42-40-36-34-31-29-26-23-20-17-14-11-8-5-2/h8,11,16-17,19-20,25-26,28-29,32-34,36-37,39,42,45,51,54,68-70,74-75H,4-7,9-10,12-15,18,21-24,27,30-31,35,38,40-41,43-44,46-50,52-53,55-67H2,1-3H3,(H,79,80)(H,81,82)/b11-8-,19-16-,20-17-,28-25-,29-26-,33-32-,36-34-,39-37-,45-42-,54-51-. The highest BCUT2D eigenvalue weighted by atomic mass is 31.2. The number of phosphoric ester groups is 2. The van der Waals surface area contributed by atoms with Gasteiger partial charge in [-0.15, -0.1) is 0 Å². The maximum Gasteiger partial charge on any atom is 0.472 e. The lowest BCUT2D eigenvalue weighted by molar-refractivity contribution is -0.161. The first-order valence-electron chi connectivity index (χ1n) is 34.8. The number of rotatable bonds is 65. The molecule has 0 bridgehead atoms. The lowest BCUT2D eigenvalue weighted by atomic mass is 10.0. The summed E-state index contributed by atoms with van der Waals surface area (Å²) in [6.07, 6.45) is 75.5. The van der Waals surface area contributed by atoms with E-state index in [1.165, 1.54) is 89.9 Å². The highest BCUT2D eigenvalue weighted by molar-refractivity contribution is 7.47. The molecule has 16 nitrogen and oxygen atoms in total. The maximum absolute atomic E-state index is 12.9. The van der Waals surface area contributed by atoms with E-state index in [1.807, 2.05) is 18.2 Å². The average molecular weight is 1320 g/mol. The lowest BCUT2D eigenvalue weighted by Gasteiger charge is -2.21. The van der Waals surface area contributed by atoms with Crippen molar-refractivity contribution in [3.05, 3.63) is 122 Å². The van der Waals surface area contributed by atoms with Crippen molar-refractivity contribution in [2.75, 3.05) is 39.6 Å². The van der Waals surface area contributed by atoms with Gasteiger partial charge in [-0.05, 0) is 103 Å². The Labute approximate surface area is 551 Å². The van der Waals surface area contributed by atoms with Gasteiger partial charge >= 0.3 is 33.6 Å². The van der Waals surface area contributed by atoms with Gasteiger partial charge in [0.25, 0.3) is 0 Å². The van der Waals surface area contributed by atoms with E-state index in [-0.39, 0.29) is 19.3 Å². The third-order valence-electron chi connectivity index (χ3n) is 14.2. The van der Waals surface area contributed by atoms with Crippen LogP contribution < -0.4 is 0 Å². The van der Waals surface area contributed by atoms with Crippen molar-refractivity contribution < 1.29 is 75.8 Å². The highest BCUT2D eigenvalue weighted by Gasteiger charge is 2.29. The largest absolute Gasteiger partial charge is 0.472 e. The van der Waals surface area contributed by atoms with Crippen LogP contribution in [0.4, 0.5) is 0 Å². The first-order chi connectivity index (χ1) is 44.2. The van der Waals surface area contributed by atoms with Gasteiger partial charge in [0.15, 0.2) is 6.10 Å². The Balaban J connectivity index is 4.74. The van der Waals surface area contributed by atoms with Crippen molar-refractivity contribution in [3.63, 3.8) is 0 Å². The molecular weight excluding hydrogens is 1190 g/mol. The van der Waals surface area contributed by atoms with Crippen molar-refractivity contribution >= 4 is 33.6 Å². The minimum Gasteiger partial charge on any atom is -0.463 e. The molecule has 5 unspecified atom stereocenters. The summed E-state index contributed by atoms with van der Waals surface area (Å²) < 4.78 is 60.8. The van der Waals surface area contributed by atoms with Gasteiger partial charge in [0, 0.05) is 19.3 Å². The summed E-state index contributed by atoms with van der Waals surface area (Å²) >= 11 is 0. The first-order valence-corrected chi connectivity index (χ1v) is 37.8. The number of aliphatic hydroxyl groups excluding tert-OH is 2. The zero-order valence-corrected chi connectivity index (χ0v) is 58.3. The highest BCUT2D eigenvalue weighted by Crippen LogP contribution is 2.45. The number of hydrogen-bond donors (Lipinski definition) is 4. The fraction of sp³-hybridized carbons (Fsp3) is 0.685. The van der Waals surface area contributed by atoms with Crippen LogP contribution in [-0.4, -0.2) is 95.9 Å². The molecule has 0 amide bonds. The quantitative estimate of drug-likeness (QED) is 0.0146. The molecule has 0 aliphatic rings. The summed E-state index contributed by atoms with van der Waals surface area (Å²) in [5.74, 6) is -1.69. The molecule has 4 N–H and O–H groups in total. The number of esters is 3. The van der Waals surface area contributed by atoms with Gasteiger partial charge in [-0.25, -0.2) is 9.13 Å². The minimum absolute atomic E-state index is 0.0437. The monoisotopic (exact) mass is 1320 g/mol. The van der Waals surface area contributed by atoms with Crippen molar-refractivity contribution in [2.24, 2.45) is 0 Å². The number of unbranched alkanes of at least 4 members (excludes halogenated alkanes) is 22. The van der Waals surface area contributed by atoms with Gasteiger partial charge in [-0.3, -0.25) is 32.5 Å². The third-order valence-corrected chi connectivity index (χ3v) is 16.1. The molecule has 0 spiro atoms. The summed E-state index contributed by atoms with van der Waals surface area (Å²) in [5.41, 5.74) is 0. The van der Waals surface area contributed by atoms with E-state index < -0.39 is 91.5 Å². The van der Waals surface area contributed by atoms with Crippen molar-refractivity contribution in [3.8, 4) is 0 Å². The van der Waals surface area contributed by atoms with Crippen LogP contribution in [0.5, 0.6) is 0 Å². The number of allylic oxidation sites excluding steroid dienone is 20. The van der Waals surface area contributed by atoms with Gasteiger partial charge in [0.1, 0.15) is 25.4 Å². The molecule has 522 valence electrons. The number of aliphatic hydroxyl groups is 2. The summed E-state index contributed by atoms with van der Waals surface area (Å²) in [6.45, 7) is 2.42. The molecule has 0 heterocycles. The van der Waals surface area contributed by atoms with E-state index in [2.05, 4.69) is 124 Å². The molecule has 18 heteroatoms. The van der Waals surface area contributed by atoms with Crippen LogP contribution in [0.3, 0.4) is 0 Å². The second-order valence-corrected chi connectivity index (χ2v) is 25.9. The molecule has 0 aromatic heterocycles. The molecule has 5 atom stereocenters. The Morgan fingerprint density at radius 3 is 1.01 bits per heavy atom. The third kappa shape index (κ3) is 67.2. The van der Waals surface area contributed by atoms with E-state index in [1.54, 1.807) is 0 Å². The molecular formula is C73H124O16P2. The first kappa shape index (κ1) is 87.0. The number of ether oxygens (including phenoxy) is 3. The zero-order valence-electron chi connectivity index (χ0n) is 56.5. The Hall–Kier alpha value is -4.05.